The van der Waals surface area contributed by atoms with Crippen LogP contribution >= 0.6 is 28.3 Å². The van der Waals surface area contributed by atoms with E-state index in [1.807, 2.05) is 19.9 Å². The molecule has 108 valence electrons. The molecule has 1 aliphatic rings. The first-order chi connectivity index (χ1) is 8.35. The number of nitrogens with two attached hydrogens (primary N) is 1. The molecule has 1 fully saturated rings. The first-order valence-electron chi connectivity index (χ1n) is 6.32. The van der Waals surface area contributed by atoms with Crippen molar-refractivity contribution in [3.05, 3.63) is 34.1 Å². The summed E-state index contributed by atoms with van der Waals surface area (Å²) in [6.45, 7) is 5.46. The summed E-state index contributed by atoms with van der Waals surface area (Å²) in [4.78, 5) is 2.30. The molecule has 5 heteroatoms. The van der Waals surface area contributed by atoms with Crippen molar-refractivity contribution in [1.82, 2.24) is 4.90 Å². The fourth-order valence-electron chi connectivity index (χ4n) is 2.16. The molecule has 2 nitrogen and oxygen atoms in total. The zero-order valence-corrected chi connectivity index (χ0v) is 13.7. The molecule has 1 aromatic carbocycles. The van der Waals surface area contributed by atoms with Crippen LogP contribution in [0.25, 0.3) is 0 Å². The van der Waals surface area contributed by atoms with E-state index in [-0.39, 0.29) is 23.8 Å². The van der Waals surface area contributed by atoms with Gasteiger partial charge in [-0.1, -0.05) is 15.9 Å². The maximum absolute atomic E-state index is 13.8. The van der Waals surface area contributed by atoms with Crippen molar-refractivity contribution in [1.29, 1.82) is 0 Å². The highest BCUT2D eigenvalue weighted by molar-refractivity contribution is 9.10. The van der Waals surface area contributed by atoms with Crippen molar-refractivity contribution in [2.24, 2.45) is 5.73 Å². The largest absolute Gasteiger partial charge is 0.324 e. The Morgan fingerprint density at radius 1 is 1.42 bits per heavy atom. The first kappa shape index (κ1) is 16.9. The summed E-state index contributed by atoms with van der Waals surface area (Å²) in [5.74, 6) is -0.140. The summed E-state index contributed by atoms with van der Waals surface area (Å²) >= 11 is 3.39. The van der Waals surface area contributed by atoms with Gasteiger partial charge in [-0.05, 0) is 44.9 Å². The molecule has 0 aromatic heterocycles. The van der Waals surface area contributed by atoms with Crippen LogP contribution in [0.1, 0.15) is 32.3 Å². The molecule has 0 bridgehead atoms. The van der Waals surface area contributed by atoms with Gasteiger partial charge < -0.3 is 5.73 Å². The summed E-state index contributed by atoms with van der Waals surface area (Å²) in [6, 6.07) is 5.67. The maximum atomic E-state index is 13.8. The Morgan fingerprint density at radius 2 is 2.05 bits per heavy atom. The van der Waals surface area contributed by atoms with Gasteiger partial charge in [0.1, 0.15) is 5.82 Å². The average Bonchev–Trinajstić information content (AvgIpc) is 3.04. The average molecular weight is 352 g/mol. The molecule has 0 atom stereocenters. The van der Waals surface area contributed by atoms with Gasteiger partial charge >= 0.3 is 0 Å². The van der Waals surface area contributed by atoms with Gasteiger partial charge in [0, 0.05) is 34.7 Å². The van der Waals surface area contributed by atoms with Gasteiger partial charge in [-0.2, -0.15) is 0 Å². The highest BCUT2D eigenvalue weighted by Gasteiger charge is 2.32. The van der Waals surface area contributed by atoms with Crippen molar-refractivity contribution < 1.29 is 4.39 Å². The Kier molecular flexibility index (Phi) is 5.80. The molecular formula is C14H21BrClFN2. The van der Waals surface area contributed by atoms with Crippen LogP contribution in [-0.4, -0.2) is 23.0 Å². The summed E-state index contributed by atoms with van der Waals surface area (Å²) in [5.41, 5.74) is 6.57. The molecule has 1 saturated carbocycles. The van der Waals surface area contributed by atoms with Gasteiger partial charge in [0.15, 0.2) is 0 Å². The van der Waals surface area contributed by atoms with Crippen LogP contribution < -0.4 is 5.73 Å². The zero-order valence-electron chi connectivity index (χ0n) is 11.3. The van der Waals surface area contributed by atoms with Gasteiger partial charge in [0.05, 0.1) is 0 Å². The molecule has 0 spiro atoms. The molecule has 19 heavy (non-hydrogen) atoms. The Labute approximate surface area is 129 Å². The van der Waals surface area contributed by atoms with Crippen LogP contribution in [-0.2, 0) is 6.54 Å². The van der Waals surface area contributed by atoms with Gasteiger partial charge in [0.2, 0.25) is 0 Å². The van der Waals surface area contributed by atoms with Crippen LogP contribution in [0.4, 0.5) is 4.39 Å². The third-order valence-corrected chi connectivity index (χ3v) is 3.55. The third kappa shape index (κ3) is 5.38. The number of halogens is 3. The zero-order chi connectivity index (χ0) is 13.3. The first-order valence-corrected chi connectivity index (χ1v) is 7.11. The molecule has 0 amide bonds. The third-order valence-electron chi connectivity index (χ3n) is 3.06. The van der Waals surface area contributed by atoms with E-state index < -0.39 is 0 Å². The van der Waals surface area contributed by atoms with Crippen molar-refractivity contribution in [3.63, 3.8) is 0 Å². The second-order valence-electron chi connectivity index (χ2n) is 5.86. The molecule has 2 N–H and O–H groups in total. The van der Waals surface area contributed by atoms with Crippen molar-refractivity contribution in [2.45, 2.75) is 44.8 Å². The van der Waals surface area contributed by atoms with Crippen LogP contribution in [0.3, 0.4) is 0 Å². The summed E-state index contributed by atoms with van der Waals surface area (Å²) in [6.07, 6.45) is 2.40. The van der Waals surface area contributed by atoms with Gasteiger partial charge in [0.25, 0.3) is 0 Å². The van der Waals surface area contributed by atoms with E-state index in [0.717, 1.165) is 16.6 Å². The van der Waals surface area contributed by atoms with E-state index in [2.05, 4.69) is 20.8 Å². The van der Waals surface area contributed by atoms with Crippen molar-refractivity contribution in [3.8, 4) is 0 Å². The topological polar surface area (TPSA) is 29.3 Å². The van der Waals surface area contributed by atoms with E-state index in [1.165, 1.54) is 18.9 Å². The smallest absolute Gasteiger partial charge is 0.127 e. The fourth-order valence-corrected chi connectivity index (χ4v) is 2.57. The minimum atomic E-state index is -0.245. The number of benzene rings is 1. The Bertz CT molecular complexity index is 430. The van der Waals surface area contributed by atoms with Crippen LogP contribution in [0.2, 0.25) is 0 Å². The predicted molar refractivity (Wildman–Crippen MR) is 83.0 cm³/mol. The number of hydrogen-bond donors (Lipinski definition) is 1. The maximum Gasteiger partial charge on any atom is 0.127 e. The molecular weight excluding hydrogens is 331 g/mol. The Balaban J connectivity index is 0.00000180. The lowest BCUT2D eigenvalue weighted by Crippen LogP contribution is -2.46. The van der Waals surface area contributed by atoms with Crippen molar-refractivity contribution >= 4 is 28.3 Å². The Morgan fingerprint density at radius 3 is 2.58 bits per heavy atom. The lowest BCUT2D eigenvalue weighted by atomic mass is 10.1. The van der Waals surface area contributed by atoms with Gasteiger partial charge in [-0.25, -0.2) is 4.39 Å². The SMILES string of the molecule is CC(C)(N)CN(Cc1cc(Br)ccc1F)C1CC1.Cl. The Hall–Kier alpha value is -0.160. The van der Waals surface area contributed by atoms with Gasteiger partial charge in [-0.3, -0.25) is 4.90 Å². The van der Waals surface area contributed by atoms with Crippen molar-refractivity contribution in [2.75, 3.05) is 6.54 Å². The number of hydrogen-bond acceptors (Lipinski definition) is 2. The summed E-state index contributed by atoms with van der Waals surface area (Å²) in [5, 5.41) is 0. The minimum absolute atomic E-state index is 0. The lowest BCUT2D eigenvalue weighted by molar-refractivity contribution is 0.206. The molecule has 1 aliphatic carbocycles. The number of nitrogens with zero attached hydrogens (tertiary/aromatic N) is 1. The fraction of sp³-hybridized carbons (Fsp3) is 0.571. The monoisotopic (exact) mass is 350 g/mol. The molecule has 0 heterocycles. The normalized spacial score (nSPS) is 15.5. The van der Waals surface area contributed by atoms with E-state index in [4.69, 9.17) is 5.73 Å². The lowest BCUT2D eigenvalue weighted by Gasteiger charge is -2.30. The predicted octanol–water partition coefficient (Wildman–Crippen LogP) is 3.71. The second-order valence-corrected chi connectivity index (χ2v) is 6.78. The van der Waals surface area contributed by atoms with E-state index in [0.29, 0.717) is 12.6 Å². The van der Waals surface area contributed by atoms with Gasteiger partial charge in [-0.15, -0.1) is 12.4 Å². The van der Waals surface area contributed by atoms with Crippen LogP contribution in [0, 0.1) is 5.82 Å². The minimum Gasteiger partial charge on any atom is -0.324 e. The standard InChI is InChI=1S/C14H20BrFN2.ClH/c1-14(2,17)9-18(12-4-5-12)8-10-7-11(15)3-6-13(10)16;/h3,6-7,12H,4-5,8-9,17H2,1-2H3;1H. The number of rotatable bonds is 5. The molecule has 0 saturated heterocycles. The van der Waals surface area contributed by atoms with E-state index in [9.17, 15) is 4.39 Å². The van der Waals surface area contributed by atoms with Crippen LogP contribution in [0.5, 0.6) is 0 Å². The summed E-state index contributed by atoms with van der Waals surface area (Å²) < 4.78 is 14.7. The molecule has 0 unspecified atom stereocenters. The summed E-state index contributed by atoms with van der Waals surface area (Å²) in [7, 11) is 0. The quantitative estimate of drug-likeness (QED) is 0.876. The molecule has 1 aromatic rings. The molecule has 2 rings (SSSR count). The highest BCUT2D eigenvalue weighted by atomic mass is 79.9. The highest BCUT2D eigenvalue weighted by Crippen LogP contribution is 2.30. The molecule has 0 radical (unpaired) electrons. The molecule has 0 aliphatic heterocycles. The second kappa shape index (κ2) is 6.53. The van der Waals surface area contributed by atoms with Crippen LogP contribution in [0.15, 0.2) is 22.7 Å². The van der Waals surface area contributed by atoms with E-state index in [1.54, 1.807) is 6.07 Å². The van der Waals surface area contributed by atoms with E-state index >= 15 is 0 Å².